The molecule has 116 valence electrons. The standard InChI is InChI=1S/C15H24N4OS/c1-11-8-12(2)19-15(18-11)21-10-14(20)17-7-5-13-4-3-6-16-9-13/h8,13,16H,3-7,9-10H2,1-2H3,(H,17,20). The highest BCUT2D eigenvalue weighted by Crippen LogP contribution is 2.14. The Balaban J connectivity index is 1.65. The lowest BCUT2D eigenvalue weighted by molar-refractivity contribution is -0.118. The third-order valence-corrected chi connectivity index (χ3v) is 4.42. The van der Waals surface area contributed by atoms with E-state index < -0.39 is 0 Å². The Hall–Kier alpha value is -1.14. The molecule has 1 saturated heterocycles. The molecule has 21 heavy (non-hydrogen) atoms. The number of amides is 1. The second-order valence-electron chi connectivity index (χ2n) is 5.57. The molecule has 2 N–H and O–H groups in total. The van der Waals surface area contributed by atoms with Crippen LogP contribution >= 0.6 is 11.8 Å². The molecule has 1 amide bonds. The zero-order chi connectivity index (χ0) is 15.1. The Labute approximate surface area is 130 Å². The summed E-state index contributed by atoms with van der Waals surface area (Å²) in [4.78, 5) is 20.5. The molecule has 0 aromatic carbocycles. The van der Waals surface area contributed by atoms with Gasteiger partial charge in [-0.1, -0.05) is 11.8 Å². The van der Waals surface area contributed by atoms with Gasteiger partial charge in [-0.25, -0.2) is 9.97 Å². The fraction of sp³-hybridized carbons (Fsp3) is 0.667. The van der Waals surface area contributed by atoms with Gasteiger partial charge in [0.2, 0.25) is 5.91 Å². The average molecular weight is 308 g/mol. The molecule has 1 unspecified atom stereocenters. The number of hydrogen-bond acceptors (Lipinski definition) is 5. The highest BCUT2D eigenvalue weighted by Gasteiger charge is 2.13. The molecule has 1 aliphatic heterocycles. The van der Waals surface area contributed by atoms with Gasteiger partial charge in [0.05, 0.1) is 5.75 Å². The van der Waals surface area contributed by atoms with E-state index in [2.05, 4.69) is 20.6 Å². The summed E-state index contributed by atoms with van der Waals surface area (Å²) in [5, 5.41) is 7.06. The molecule has 0 radical (unpaired) electrons. The van der Waals surface area contributed by atoms with Crippen molar-refractivity contribution in [1.82, 2.24) is 20.6 Å². The van der Waals surface area contributed by atoms with Crippen LogP contribution in [0.4, 0.5) is 0 Å². The van der Waals surface area contributed by atoms with Gasteiger partial charge in [-0.3, -0.25) is 4.79 Å². The molecule has 6 heteroatoms. The van der Waals surface area contributed by atoms with Crippen molar-refractivity contribution >= 4 is 17.7 Å². The number of rotatable bonds is 6. The zero-order valence-electron chi connectivity index (χ0n) is 12.8. The van der Waals surface area contributed by atoms with Crippen molar-refractivity contribution in [2.24, 2.45) is 5.92 Å². The first-order chi connectivity index (χ1) is 10.1. The van der Waals surface area contributed by atoms with Crippen LogP contribution in [0.3, 0.4) is 0 Å². The molecule has 0 saturated carbocycles. The minimum Gasteiger partial charge on any atom is -0.355 e. The summed E-state index contributed by atoms with van der Waals surface area (Å²) in [5.41, 5.74) is 1.88. The lowest BCUT2D eigenvalue weighted by atomic mass is 9.96. The Morgan fingerprint density at radius 3 is 2.86 bits per heavy atom. The fourth-order valence-electron chi connectivity index (χ4n) is 2.53. The van der Waals surface area contributed by atoms with Gasteiger partial charge in [0, 0.05) is 17.9 Å². The van der Waals surface area contributed by atoms with Gasteiger partial charge < -0.3 is 10.6 Å². The monoisotopic (exact) mass is 308 g/mol. The number of aryl methyl sites for hydroxylation is 2. The van der Waals surface area contributed by atoms with Crippen LogP contribution in [0.25, 0.3) is 0 Å². The maximum Gasteiger partial charge on any atom is 0.230 e. The lowest BCUT2D eigenvalue weighted by Gasteiger charge is -2.22. The fourth-order valence-corrected chi connectivity index (χ4v) is 3.30. The van der Waals surface area contributed by atoms with Gasteiger partial charge in [-0.15, -0.1) is 0 Å². The molecule has 2 rings (SSSR count). The minimum atomic E-state index is 0.0616. The minimum absolute atomic E-state index is 0.0616. The van der Waals surface area contributed by atoms with Crippen LogP contribution in [0.2, 0.25) is 0 Å². The van der Waals surface area contributed by atoms with Crippen LogP contribution in [0, 0.1) is 19.8 Å². The number of nitrogens with zero attached hydrogens (tertiary/aromatic N) is 2. The number of aromatic nitrogens is 2. The van der Waals surface area contributed by atoms with Crippen molar-refractivity contribution in [3.8, 4) is 0 Å². The summed E-state index contributed by atoms with van der Waals surface area (Å²) >= 11 is 1.40. The Morgan fingerprint density at radius 1 is 1.43 bits per heavy atom. The van der Waals surface area contributed by atoms with Crippen molar-refractivity contribution in [3.05, 3.63) is 17.5 Å². The number of carbonyl (C=O) groups excluding carboxylic acids is 1. The molecule has 0 aliphatic carbocycles. The molecule has 1 aromatic heterocycles. The van der Waals surface area contributed by atoms with Crippen LogP contribution < -0.4 is 10.6 Å². The van der Waals surface area contributed by atoms with Gasteiger partial charge in [0.15, 0.2) is 5.16 Å². The molecular formula is C15H24N4OS. The van der Waals surface area contributed by atoms with E-state index in [0.29, 0.717) is 16.8 Å². The van der Waals surface area contributed by atoms with Gasteiger partial charge in [0.25, 0.3) is 0 Å². The largest absolute Gasteiger partial charge is 0.355 e. The predicted octanol–water partition coefficient (Wildman–Crippen LogP) is 1.69. The summed E-state index contributed by atoms with van der Waals surface area (Å²) in [7, 11) is 0. The third kappa shape index (κ3) is 6.01. The quantitative estimate of drug-likeness (QED) is 0.618. The van der Waals surface area contributed by atoms with Crippen LogP contribution in [-0.4, -0.2) is 41.3 Å². The second kappa shape index (κ2) is 8.34. The molecule has 0 bridgehead atoms. The summed E-state index contributed by atoms with van der Waals surface area (Å²) in [6.45, 7) is 6.86. The predicted molar refractivity (Wildman–Crippen MR) is 85.5 cm³/mol. The van der Waals surface area contributed by atoms with E-state index in [9.17, 15) is 4.79 Å². The molecule has 1 aromatic rings. The first-order valence-corrected chi connectivity index (χ1v) is 8.54. The maximum absolute atomic E-state index is 11.8. The molecular weight excluding hydrogens is 284 g/mol. The maximum atomic E-state index is 11.8. The molecule has 1 aliphatic rings. The number of hydrogen-bond donors (Lipinski definition) is 2. The molecule has 1 fully saturated rings. The topological polar surface area (TPSA) is 66.9 Å². The molecule has 1 atom stereocenters. The summed E-state index contributed by atoms with van der Waals surface area (Å²) in [5.74, 6) is 1.15. The summed E-state index contributed by atoms with van der Waals surface area (Å²) < 4.78 is 0. The van der Waals surface area contributed by atoms with Gasteiger partial charge >= 0.3 is 0 Å². The lowest BCUT2D eigenvalue weighted by Crippen LogP contribution is -2.33. The first-order valence-electron chi connectivity index (χ1n) is 7.56. The van der Waals surface area contributed by atoms with Crippen molar-refractivity contribution < 1.29 is 4.79 Å². The highest BCUT2D eigenvalue weighted by molar-refractivity contribution is 7.99. The molecule has 5 nitrogen and oxygen atoms in total. The normalized spacial score (nSPS) is 18.5. The van der Waals surface area contributed by atoms with Gasteiger partial charge in [-0.05, 0) is 58.2 Å². The van der Waals surface area contributed by atoms with E-state index in [1.807, 2.05) is 19.9 Å². The van der Waals surface area contributed by atoms with Crippen LogP contribution in [-0.2, 0) is 4.79 Å². The van der Waals surface area contributed by atoms with E-state index in [1.54, 1.807) is 0 Å². The summed E-state index contributed by atoms with van der Waals surface area (Å²) in [6.07, 6.45) is 3.58. The first kappa shape index (κ1) is 16.2. The van der Waals surface area contributed by atoms with Gasteiger partial charge in [0.1, 0.15) is 0 Å². The van der Waals surface area contributed by atoms with E-state index in [0.717, 1.165) is 37.4 Å². The molecule has 2 heterocycles. The van der Waals surface area contributed by atoms with Crippen molar-refractivity contribution in [3.63, 3.8) is 0 Å². The smallest absolute Gasteiger partial charge is 0.230 e. The second-order valence-corrected chi connectivity index (χ2v) is 6.52. The average Bonchev–Trinajstić information content (AvgIpc) is 2.45. The van der Waals surface area contributed by atoms with Crippen molar-refractivity contribution in [2.75, 3.05) is 25.4 Å². The van der Waals surface area contributed by atoms with E-state index >= 15 is 0 Å². The Bertz CT molecular complexity index is 454. The van der Waals surface area contributed by atoms with Crippen molar-refractivity contribution in [1.29, 1.82) is 0 Å². The number of carbonyl (C=O) groups is 1. The van der Waals surface area contributed by atoms with Crippen LogP contribution in [0.1, 0.15) is 30.7 Å². The van der Waals surface area contributed by atoms with E-state index in [-0.39, 0.29) is 5.91 Å². The van der Waals surface area contributed by atoms with Crippen LogP contribution in [0.15, 0.2) is 11.2 Å². The zero-order valence-corrected chi connectivity index (χ0v) is 13.6. The number of thioether (sulfide) groups is 1. The van der Waals surface area contributed by atoms with E-state index in [4.69, 9.17) is 0 Å². The SMILES string of the molecule is Cc1cc(C)nc(SCC(=O)NCCC2CCCNC2)n1. The number of nitrogens with one attached hydrogen (secondary N) is 2. The van der Waals surface area contributed by atoms with Crippen molar-refractivity contribution in [2.45, 2.75) is 38.3 Å². The summed E-state index contributed by atoms with van der Waals surface area (Å²) in [6, 6.07) is 1.93. The Kier molecular flexibility index (Phi) is 6.45. The third-order valence-electron chi connectivity index (χ3n) is 3.57. The van der Waals surface area contributed by atoms with E-state index in [1.165, 1.54) is 24.6 Å². The molecule has 0 spiro atoms. The Morgan fingerprint density at radius 2 is 2.19 bits per heavy atom. The van der Waals surface area contributed by atoms with Gasteiger partial charge in [-0.2, -0.15) is 0 Å². The number of piperidine rings is 1. The highest BCUT2D eigenvalue weighted by atomic mass is 32.2. The van der Waals surface area contributed by atoms with Crippen LogP contribution in [0.5, 0.6) is 0 Å².